The number of hydrogen-bond acceptors (Lipinski definition) is 2. The Kier molecular flexibility index (Phi) is 8.36. The van der Waals surface area contributed by atoms with Crippen LogP contribution in [0, 0.1) is 0 Å². The zero-order chi connectivity index (χ0) is 15.3. The van der Waals surface area contributed by atoms with Crippen molar-refractivity contribution >= 4 is 0 Å². The smallest absolute Gasteiger partial charge is 0.0205 e. The standard InChI is InChI=1S/C20H28N2/c1(9-15-21-17-19-11-5-3-6-12-19)2-10-16-22-18-20-13-7-4-8-14-20/h3-8,11-14,21-22H,1-2,9-10,15-18H2. The van der Waals surface area contributed by atoms with Crippen LogP contribution in [0.3, 0.4) is 0 Å². The minimum Gasteiger partial charge on any atom is -0.313 e. The van der Waals surface area contributed by atoms with Crippen molar-refractivity contribution in [3.8, 4) is 0 Å². The Labute approximate surface area is 135 Å². The fourth-order valence-corrected chi connectivity index (χ4v) is 2.51. The molecule has 0 aliphatic carbocycles. The fourth-order valence-electron chi connectivity index (χ4n) is 2.51. The third-order valence-electron chi connectivity index (χ3n) is 3.80. The van der Waals surface area contributed by atoms with Crippen molar-refractivity contribution in [1.29, 1.82) is 0 Å². The number of unbranched alkanes of at least 4 members (excludes halogenated alkanes) is 3. The van der Waals surface area contributed by atoms with E-state index >= 15 is 0 Å². The van der Waals surface area contributed by atoms with Gasteiger partial charge in [-0.2, -0.15) is 0 Å². The second-order valence-corrected chi connectivity index (χ2v) is 5.74. The van der Waals surface area contributed by atoms with Gasteiger partial charge < -0.3 is 10.6 Å². The van der Waals surface area contributed by atoms with Gasteiger partial charge in [0.15, 0.2) is 0 Å². The topological polar surface area (TPSA) is 24.1 Å². The first kappa shape index (κ1) is 16.7. The lowest BCUT2D eigenvalue weighted by molar-refractivity contribution is 0.563. The van der Waals surface area contributed by atoms with Gasteiger partial charge in [0.25, 0.3) is 0 Å². The van der Waals surface area contributed by atoms with Crippen molar-refractivity contribution in [1.82, 2.24) is 10.6 Å². The van der Waals surface area contributed by atoms with Crippen molar-refractivity contribution in [2.24, 2.45) is 0 Å². The van der Waals surface area contributed by atoms with E-state index in [9.17, 15) is 0 Å². The Hall–Kier alpha value is -1.64. The van der Waals surface area contributed by atoms with Gasteiger partial charge in [-0.05, 0) is 37.1 Å². The molecule has 0 fully saturated rings. The lowest BCUT2D eigenvalue weighted by Gasteiger charge is -2.06. The molecule has 0 spiro atoms. The molecule has 0 aliphatic heterocycles. The second-order valence-electron chi connectivity index (χ2n) is 5.74. The summed E-state index contributed by atoms with van der Waals surface area (Å²) >= 11 is 0. The van der Waals surface area contributed by atoms with Gasteiger partial charge in [-0.3, -0.25) is 0 Å². The highest BCUT2D eigenvalue weighted by molar-refractivity contribution is 5.14. The molecule has 0 radical (unpaired) electrons. The molecule has 0 unspecified atom stereocenters. The summed E-state index contributed by atoms with van der Waals surface area (Å²) in [5.74, 6) is 0. The molecular formula is C20H28N2. The molecule has 2 aromatic rings. The highest BCUT2D eigenvalue weighted by Gasteiger charge is 1.94. The van der Waals surface area contributed by atoms with Crippen LogP contribution in [0.5, 0.6) is 0 Å². The molecule has 0 bridgehead atoms. The molecule has 0 aromatic heterocycles. The van der Waals surface area contributed by atoms with Crippen LogP contribution in [0.25, 0.3) is 0 Å². The van der Waals surface area contributed by atoms with E-state index in [1.807, 2.05) is 0 Å². The molecule has 2 aromatic carbocycles. The van der Waals surface area contributed by atoms with Crippen molar-refractivity contribution in [2.45, 2.75) is 38.8 Å². The number of nitrogens with one attached hydrogen (secondary N) is 2. The maximum Gasteiger partial charge on any atom is 0.0205 e. The molecule has 2 heteroatoms. The number of hydrogen-bond donors (Lipinski definition) is 2. The minimum absolute atomic E-state index is 0.986. The van der Waals surface area contributed by atoms with Gasteiger partial charge in [0.05, 0.1) is 0 Å². The predicted octanol–water partition coefficient (Wildman–Crippen LogP) is 4.13. The highest BCUT2D eigenvalue weighted by Crippen LogP contribution is 2.01. The monoisotopic (exact) mass is 296 g/mol. The molecule has 0 aliphatic rings. The van der Waals surface area contributed by atoms with Crippen LogP contribution in [0.1, 0.15) is 36.8 Å². The largest absolute Gasteiger partial charge is 0.313 e. The van der Waals surface area contributed by atoms with E-state index in [0.29, 0.717) is 0 Å². The van der Waals surface area contributed by atoms with Crippen molar-refractivity contribution in [3.05, 3.63) is 71.8 Å². The van der Waals surface area contributed by atoms with Crippen LogP contribution in [-0.4, -0.2) is 13.1 Å². The molecule has 0 heterocycles. The molecular weight excluding hydrogens is 268 g/mol. The summed E-state index contributed by atoms with van der Waals surface area (Å²) in [7, 11) is 0. The van der Waals surface area contributed by atoms with Gasteiger partial charge in [0, 0.05) is 13.1 Å². The fraction of sp³-hybridized carbons (Fsp3) is 0.400. The van der Waals surface area contributed by atoms with Crippen LogP contribution in [0.15, 0.2) is 60.7 Å². The molecule has 2 rings (SSSR count). The molecule has 0 saturated carbocycles. The zero-order valence-corrected chi connectivity index (χ0v) is 13.4. The van der Waals surface area contributed by atoms with Crippen LogP contribution >= 0.6 is 0 Å². The van der Waals surface area contributed by atoms with Crippen LogP contribution in [-0.2, 0) is 13.1 Å². The summed E-state index contributed by atoms with van der Waals surface area (Å²) in [5, 5.41) is 7.02. The van der Waals surface area contributed by atoms with E-state index < -0.39 is 0 Å². The molecule has 2 nitrogen and oxygen atoms in total. The first-order valence-electron chi connectivity index (χ1n) is 8.44. The average molecular weight is 296 g/mol. The summed E-state index contributed by atoms with van der Waals surface area (Å²) in [6.45, 7) is 4.21. The lowest BCUT2D eigenvalue weighted by atomic mass is 10.2. The van der Waals surface area contributed by atoms with Gasteiger partial charge in [-0.15, -0.1) is 0 Å². The van der Waals surface area contributed by atoms with E-state index in [-0.39, 0.29) is 0 Å². The molecule has 118 valence electrons. The van der Waals surface area contributed by atoms with Crippen molar-refractivity contribution in [3.63, 3.8) is 0 Å². The van der Waals surface area contributed by atoms with Crippen LogP contribution < -0.4 is 10.6 Å². The SMILES string of the molecule is c1ccc(CNCCCCCCNCc2ccccc2)cc1. The van der Waals surface area contributed by atoms with Gasteiger partial charge in [-0.25, -0.2) is 0 Å². The zero-order valence-electron chi connectivity index (χ0n) is 13.4. The Morgan fingerprint density at radius 3 is 1.32 bits per heavy atom. The Balaban J connectivity index is 1.37. The van der Waals surface area contributed by atoms with E-state index in [0.717, 1.165) is 26.2 Å². The van der Waals surface area contributed by atoms with Gasteiger partial charge in [-0.1, -0.05) is 73.5 Å². The number of benzene rings is 2. The summed E-state index contributed by atoms with van der Waals surface area (Å²) in [5.41, 5.74) is 2.74. The first-order chi connectivity index (χ1) is 10.9. The quantitative estimate of drug-likeness (QED) is 0.609. The minimum atomic E-state index is 0.986. The Morgan fingerprint density at radius 1 is 0.500 bits per heavy atom. The van der Waals surface area contributed by atoms with E-state index in [1.165, 1.54) is 36.8 Å². The predicted molar refractivity (Wildman–Crippen MR) is 94.8 cm³/mol. The molecule has 2 N–H and O–H groups in total. The number of rotatable bonds is 11. The summed E-state index contributed by atoms with van der Waals surface area (Å²) in [6, 6.07) is 21.2. The van der Waals surface area contributed by atoms with Crippen LogP contribution in [0.4, 0.5) is 0 Å². The van der Waals surface area contributed by atoms with E-state index in [1.54, 1.807) is 0 Å². The molecule has 22 heavy (non-hydrogen) atoms. The van der Waals surface area contributed by atoms with E-state index in [4.69, 9.17) is 0 Å². The second kappa shape index (κ2) is 11.0. The highest BCUT2D eigenvalue weighted by atomic mass is 14.8. The van der Waals surface area contributed by atoms with Gasteiger partial charge in [0.2, 0.25) is 0 Å². The molecule has 0 amide bonds. The third kappa shape index (κ3) is 7.39. The Bertz CT molecular complexity index is 434. The maximum absolute atomic E-state index is 3.51. The average Bonchev–Trinajstić information content (AvgIpc) is 2.58. The molecule has 0 saturated heterocycles. The summed E-state index contributed by atoms with van der Waals surface area (Å²) in [6.07, 6.45) is 5.17. The summed E-state index contributed by atoms with van der Waals surface area (Å²) in [4.78, 5) is 0. The van der Waals surface area contributed by atoms with Crippen molar-refractivity contribution in [2.75, 3.05) is 13.1 Å². The Morgan fingerprint density at radius 2 is 0.909 bits per heavy atom. The van der Waals surface area contributed by atoms with Crippen molar-refractivity contribution < 1.29 is 0 Å². The van der Waals surface area contributed by atoms with Crippen LogP contribution in [0.2, 0.25) is 0 Å². The van der Waals surface area contributed by atoms with Gasteiger partial charge >= 0.3 is 0 Å². The van der Waals surface area contributed by atoms with E-state index in [2.05, 4.69) is 71.3 Å². The normalized spacial score (nSPS) is 10.7. The first-order valence-corrected chi connectivity index (χ1v) is 8.44. The van der Waals surface area contributed by atoms with Gasteiger partial charge in [0.1, 0.15) is 0 Å². The molecule has 0 atom stereocenters. The lowest BCUT2D eigenvalue weighted by Crippen LogP contribution is -2.15. The summed E-state index contributed by atoms with van der Waals surface area (Å²) < 4.78 is 0. The third-order valence-corrected chi connectivity index (χ3v) is 3.80. The maximum atomic E-state index is 3.51.